The van der Waals surface area contributed by atoms with E-state index in [0.29, 0.717) is 11.5 Å². The van der Waals surface area contributed by atoms with Crippen LogP contribution in [0.5, 0.6) is 0 Å². The maximum Gasteiger partial charge on any atom is 0.0274 e. The second-order valence-corrected chi connectivity index (χ2v) is 7.32. The van der Waals surface area contributed by atoms with Crippen molar-refractivity contribution in [1.29, 1.82) is 0 Å². The van der Waals surface area contributed by atoms with Gasteiger partial charge in [0.1, 0.15) is 0 Å². The predicted molar refractivity (Wildman–Crippen MR) is 78.8 cm³/mol. The standard InChI is InChI=1S/C16H32N2/c1-6-17-15-14(9-10-16(15,4)5)18-11-7-8-13(18)12(2)3/h12-15,17H,6-11H2,1-5H3. The van der Waals surface area contributed by atoms with Crippen LogP contribution >= 0.6 is 0 Å². The van der Waals surface area contributed by atoms with E-state index in [9.17, 15) is 0 Å². The Balaban J connectivity index is 2.11. The minimum absolute atomic E-state index is 0.463. The average Bonchev–Trinajstić information content (AvgIpc) is 2.85. The summed E-state index contributed by atoms with van der Waals surface area (Å²) in [7, 11) is 0. The van der Waals surface area contributed by atoms with E-state index in [2.05, 4.69) is 44.8 Å². The van der Waals surface area contributed by atoms with Crippen molar-refractivity contribution in [3.63, 3.8) is 0 Å². The fourth-order valence-corrected chi connectivity index (χ4v) is 4.30. The van der Waals surface area contributed by atoms with Crippen LogP contribution in [-0.4, -0.2) is 36.1 Å². The molecule has 1 saturated carbocycles. The minimum Gasteiger partial charge on any atom is -0.312 e. The van der Waals surface area contributed by atoms with Gasteiger partial charge >= 0.3 is 0 Å². The lowest BCUT2D eigenvalue weighted by Gasteiger charge is -2.39. The maximum atomic E-state index is 3.78. The zero-order chi connectivity index (χ0) is 13.3. The van der Waals surface area contributed by atoms with Crippen molar-refractivity contribution in [2.75, 3.05) is 13.1 Å². The SMILES string of the molecule is CCNC1C(N2CCCC2C(C)C)CCC1(C)C. The highest BCUT2D eigenvalue weighted by Gasteiger charge is 2.46. The summed E-state index contributed by atoms with van der Waals surface area (Å²) < 4.78 is 0. The lowest BCUT2D eigenvalue weighted by Crippen LogP contribution is -2.53. The third kappa shape index (κ3) is 2.60. The molecule has 18 heavy (non-hydrogen) atoms. The summed E-state index contributed by atoms with van der Waals surface area (Å²) >= 11 is 0. The summed E-state index contributed by atoms with van der Waals surface area (Å²) in [6.45, 7) is 14.4. The summed E-state index contributed by atoms with van der Waals surface area (Å²) in [5.41, 5.74) is 0.463. The Bertz CT molecular complexity index is 272. The summed E-state index contributed by atoms with van der Waals surface area (Å²) in [5.74, 6) is 0.804. The molecule has 1 aliphatic carbocycles. The van der Waals surface area contributed by atoms with Crippen molar-refractivity contribution in [2.45, 2.75) is 78.4 Å². The van der Waals surface area contributed by atoms with Gasteiger partial charge in [0.25, 0.3) is 0 Å². The van der Waals surface area contributed by atoms with E-state index in [4.69, 9.17) is 0 Å². The highest BCUT2D eigenvalue weighted by atomic mass is 15.2. The first-order chi connectivity index (χ1) is 8.47. The van der Waals surface area contributed by atoms with Crippen LogP contribution in [0, 0.1) is 11.3 Å². The van der Waals surface area contributed by atoms with Crippen molar-refractivity contribution in [3.8, 4) is 0 Å². The number of hydrogen-bond donors (Lipinski definition) is 1. The Labute approximate surface area is 114 Å². The zero-order valence-corrected chi connectivity index (χ0v) is 13.0. The second-order valence-electron chi connectivity index (χ2n) is 7.32. The fraction of sp³-hybridized carbons (Fsp3) is 1.00. The van der Waals surface area contributed by atoms with Gasteiger partial charge in [-0.05, 0) is 50.1 Å². The molecule has 2 aliphatic rings. The molecule has 3 atom stereocenters. The quantitative estimate of drug-likeness (QED) is 0.826. The van der Waals surface area contributed by atoms with E-state index in [-0.39, 0.29) is 0 Å². The molecule has 1 heterocycles. The van der Waals surface area contributed by atoms with Crippen LogP contribution in [0.15, 0.2) is 0 Å². The van der Waals surface area contributed by atoms with Gasteiger partial charge in [-0.15, -0.1) is 0 Å². The van der Waals surface area contributed by atoms with Gasteiger partial charge in [0.15, 0.2) is 0 Å². The molecule has 106 valence electrons. The highest BCUT2D eigenvalue weighted by molar-refractivity contribution is 5.03. The minimum atomic E-state index is 0.463. The lowest BCUT2D eigenvalue weighted by molar-refractivity contribution is 0.110. The van der Waals surface area contributed by atoms with E-state index in [1.165, 1.54) is 32.2 Å². The molecule has 1 aliphatic heterocycles. The average molecular weight is 252 g/mol. The first-order valence-electron chi connectivity index (χ1n) is 7.96. The van der Waals surface area contributed by atoms with Crippen molar-refractivity contribution in [3.05, 3.63) is 0 Å². The molecule has 0 aromatic rings. The Morgan fingerprint density at radius 1 is 1.28 bits per heavy atom. The van der Waals surface area contributed by atoms with E-state index >= 15 is 0 Å². The van der Waals surface area contributed by atoms with Crippen LogP contribution < -0.4 is 5.32 Å². The fourth-order valence-electron chi connectivity index (χ4n) is 4.30. The molecule has 3 unspecified atom stereocenters. The van der Waals surface area contributed by atoms with Crippen LogP contribution in [0.2, 0.25) is 0 Å². The Morgan fingerprint density at radius 2 is 2.00 bits per heavy atom. The summed E-state index contributed by atoms with van der Waals surface area (Å²) in [4.78, 5) is 2.84. The molecule has 0 amide bonds. The molecule has 1 saturated heterocycles. The van der Waals surface area contributed by atoms with Crippen molar-refractivity contribution in [2.24, 2.45) is 11.3 Å². The molecule has 0 radical (unpaired) electrons. The zero-order valence-electron chi connectivity index (χ0n) is 13.0. The second kappa shape index (κ2) is 5.50. The highest BCUT2D eigenvalue weighted by Crippen LogP contribution is 2.42. The van der Waals surface area contributed by atoms with Gasteiger partial charge in [-0.25, -0.2) is 0 Å². The van der Waals surface area contributed by atoms with Crippen molar-refractivity contribution in [1.82, 2.24) is 10.2 Å². The van der Waals surface area contributed by atoms with Gasteiger partial charge in [0.05, 0.1) is 0 Å². The van der Waals surface area contributed by atoms with E-state index in [0.717, 1.165) is 24.5 Å². The van der Waals surface area contributed by atoms with Crippen molar-refractivity contribution < 1.29 is 0 Å². The number of nitrogens with zero attached hydrogens (tertiary/aromatic N) is 1. The van der Waals surface area contributed by atoms with E-state index in [1.807, 2.05) is 0 Å². The maximum absolute atomic E-state index is 3.78. The monoisotopic (exact) mass is 252 g/mol. The molecule has 2 fully saturated rings. The molecule has 0 aromatic heterocycles. The van der Waals surface area contributed by atoms with Gasteiger partial charge < -0.3 is 5.32 Å². The topological polar surface area (TPSA) is 15.3 Å². The van der Waals surface area contributed by atoms with Gasteiger partial charge in [-0.3, -0.25) is 4.90 Å². The van der Waals surface area contributed by atoms with E-state index in [1.54, 1.807) is 0 Å². The lowest BCUT2D eigenvalue weighted by atomic mass is 9.86. The summed E-state index contributed by atoms with van der Waals surface area (Å²) in [6.07, 6.45) is 5.57. The molecule has 2 rings (SSSR count). The first kappa shape index (κ1) is 14.3. The molecule has 0 aromatic carbocycles. The number of rotatable bonds is 4. The van der Waals surface area contributed by atoms with Crippen molar-refractivity contribution >= 4 is 0 Å². The molecular weight excluding hydrogens is 220 g/mol. The third-order valence-corrected chi connectivity index (χ3v) is 5.27. The molecule has 2 heteroatoms. The molecule has 1 N–H and O–H groups in total. The van der Waals surface area contributed by atoms with Gasteiger partial charge in [0.2, 0.25) is 0 Å². The Kier molecular flexibility index (Phi) is 4.38. The number of hydrogen-bond acceptors (Lipinski definition) is 2. The molecule has 2 nitrogen and oxygen atoms in total. The number of likely N-dealkylation sites (tertiary alicyclic amines) is 1. The van der Waals surface area contributed by atoms with Crippen LogP contribution in [-0.2, 0) is 0 Å². The smallest absolute Gasteiger partial charge is 0.0274 e. The van der Waals surface area contributed by atoms with E-state index < -0.39 is 0 Å². The molecule has 0 spiro atoms. The van der Waals surface area contributed by atoms with Gasteiger partial charge in [0, 0.05) is 18.1 Å². The number of nitrogens with one attached hydrogen (secondary N) is 1. The Hall–Kier alpha value is -0.0800. The molecular formula is C16H32N2. The normalized spacial score (nSPS) is 36.7. The summed E-state index contributed by atoms with van der Waals surface area (Å²) in [5, 5.41) is 3.78. The van der Waals surface area contributed by atoms with Crippen LogP contribution in [0.3, 0.4) is 0 Å². The number of likely N-dealkylation sites (N-methyl/N-ethyl adjacent to an activating group) is 1. The van der Waals surface area contributed by atoms with Gasteiger partial charge in [-0.2, -0.15) is 0 Å². The first-order valence-corrected chi connectivity index (χ1v) is 7.96. The third-order valence-electron chi connectivity index (χ3n) is 5.27. The van der Waals surface area contributed by atoms with Crippen LogP contribution in [0.25, 0.3) is 0 Å². The Morgan fingerprint density at radius 3 is 2.61 bits per heavy atom. The summed E-state index contributed by atoms with van der Waals surface area (Å²) in [6, 6.07) is 2.28. The molecule has 0 bridgehead atoms. The predicted octanol–water partition coefficient (Wildman–Crippen LogP) is 3.27. The largest absolute Gasteiger partial charge is 0.312 e. The van der Waals surface area contributed by atoms with Gasteiger partial charge in [-0.1, -0.05) is 34.6 Å². The van der Waals surface area contributed by atoms with Crippen LogP contribution in [0.4, 0.5) is 0 Å². The van der Waals surface area contributed by atoms with Crippen LogP contribution in [0.1, 0.15) is 60.3 Å².